The van der Waals surface area contributed by atoms with Crippen LogP contribution in [0.25, 0.3) is 0 Å². The lowest BCUT2D eigenvalue weighted by Gasteiger charge is -2.35. The zero-order chi connectivity index (χ0) is 22.0. The summed E-state index contributed by atoms with van der Waals surface area (Å²) in [5, 5.41) is 5.37. The molecule has 29 heavy (non-hydrogen) atoms. The SMILES string of the molecule is BC(=O)CNC(=O)[C@H](CCCCN1CCC(N(C)C)CC1)NC(=O)[C@@H](N)C(C)C. The quantitative estimate of drug-likeness (QED) is 0.280. The molecule has 1 saturated heterocycles. The molecule has 0 aromatic rings. The molecule has 1 heterocycles. The number of hydrogen-bond donors (Lipinski definition) is 3. The van der Waals surface area contributed by atoms with Crippen molar-refractivity contribution >= 4 is 25.3 Å². The molecular weight excluding hydrogens is 369 g/mol. The molecule has 0 bridgehead atoms. The van der Waals surface area contributed by atoms with Crippen molar-refractivity contribution in [2.45, 2.75) is 64.1 Å². The molecule has 1 fully saturated rings. The van der Waals surface area contributed by atoms with Gasteiger partial charge in [0.25, 0.3) is 0 Å². The van der Waals surface area contributed by atoms with Crippen LogP contribution >= 0.6 is 0 Å². The van der Waals surface area contributed by atoms with Crippen LogP contribution in [0.4, 0.5) is 0 Å². The molecule has 0 aromatic heterocycles. The molecule has 166 valence electrons. The van der Waals surface area contributed by atoms with E-state index < -0.39 is 12.1 Å². The van der Waals surface area contributed by atoms with Crippen LogP contribution in [0.1, 0.15) is 46.0 Å². The second kappa shape index (κ2) is 13.0. The van der Waals surface area contributed by atoms with Crippen molar-refractivity contribution in [3.8, 4) is 0 Å². The number of piperidine rings is 1. The summed E-state index contributed by atoms with van der Waals surface area (Å²) in [6, 6.07) is -0.650. The topological polar surface area (TPSA) is 108 Å². The highest BCUT2D eigenvalue weighted by Crippen LogP contribution is 2.15. The fourth-order valence-corrected chi connectivity index (χ4v) is 3.52. The molecule has 1 aliphatic rings. The summed E-state index contributed by atoms with van der Waals surface area (Å²) in [7, 11) is 5.69. The molecule has 8 nitrogen and oxygen atoms in total. The van der Waals surface area contributed by atoms with E-state index in [-0.39, 0.29) is 30.0 Å². The number of nitrogens with two attached hydrogens (primary N) is 1. The lowest BCUT2D eigenvalue weighted by atomic mass is 10.0. The maximum atomic E-state index is 12.4. The maximum absolute atomic E-state index is 12.4. The maximum Gasteiger partial charge on any atom is 0.242 e. The minimum Gasteiger partial charge on any atom is -0.348 e. The second-order valence-corrected chi connectivity index (χ2v) is 8.78. The fourth-order valence-electron chi connectivity index (χ4n) is 3.52. The summed E-state index contributed by atoms with van der Waals surface area (Å²) >= 11 is 0. The van der Waals surface area contributed by atoms with Gasteiger partial charge in [0, 0.05) is 6.04 Å². The highest BCUT2D eigenvalue weighted by Gasteiger charge is 2.25. The molecule has 0 aromatic carbocycles. The van der Waals surface area contributed by atoms with Gasteiger partial charge in [-0.05, 0) is 71.8 Å². The third-order valence-corrected chi connectivity index (χ3v) is 5.67. The van der Waals surface area contributed by atoms with Crippen molar-refractivity contribution in [3.05, 3.63) is 0 Å². The first kappa shape index (κ1) is 25.6. The van der Waals surface area contributed by atoms with Gasteiger partial charge in [0.05, 0.1) is 12.6 Å². The number of carbonyl (C=O) groups is 3. The summed E-state index contributed by atoms with van der Waals surface area (Å²) in [6.07, 6.45) is 4.70. The van der Waals surface area contributed by atoms with Gasteiger partial charge in [0.2, 0.25) is 11.8 Å². The van der Waals surface area contributed by atoms with Gasteiger partial charge in [0.1, 0.15) is 11.7 Å². The number of nitrogens with one attached hydrogen (secondary N) is 2. The average Bonchev–Trinajstić information content (AvgIpc) is 2.67. The van der Waals surface area contributed by atoms with E-state index in [1.807, 2.05) is 13.8 Å². The highest BCUT2D eigenvalue weighted by molar-refractivity contribution is 6.58. The molecule has 9 heteroatoms. The number of nitrogens with zero attached hydrogens (tertiary/aromatic N) is 2. The van der Waals surface area contributed by atoms with Crippen LogP contribution < -0.4 is 16.4 Å². The van der Waals surface area contributed by atoms with Crippen molar-refractivity contribution in [3.63, 3.8) is 0 Å². The van der Waals surface area contributed by atoms with Gasteiger partial charge in [-0.1, -0.05) is 13.8 Å². The molecule has 0 saturated carbocycles. The van der Waals surface area contributed by atoms with E-state index in [1.54, 1.807) is 0 Å². The van der Waals surface area contributed by atoms with Crippen LogP contribution in [-0.2, 0) is 14.4 Å². The van der Waals surface area contributed by atoms with E-state index in [0.29, 0.717) is 12.5 Å². The first-order valence-electron chi connectivity index (χ1n) is 10.8. The molecule has 0 aliphatic carbocycles. The van der Waals surface area contributed by atoms with Gasteiger partial charge in [-0.25, -0.2) is 0 Å². The summed E-state index contributed by atoms with van der Waals surface area (Å²) in [5.41, 5.74) is 5.79. The molecule has 4 N–H and O–H groups in total. The molecule has 0 unspecified atom stereocenters. The highest BCUT2D eigenvalue weighted by atomic mass is 16.2. The number of likely N-dealkylation sites (tertiary alicyclic amines) is 1. The molecule has 1 aliphatic heterocycles. The number of hydrogen-bond acceptors (Lipinski definition) is 6. The van der Waals surface area contributed by atoms with Gasteiger partial charge in [-0.15, -0.1) is 0 Å². The summed E-state index contributed by atoms with van der Waals surface area (Å²) in [5.74, 6) is -0.661. The van der Waals surface area contributed by atoms with E-state index in [0.717, 1.165) is 32.5 Å². The Kier molecular flexibility index (Phi) is 11.5. The zero-order valence-corrected chi connectivity index (χ0v) is 18.9. The normalized spacial score (nSPS) is 17.9. The molecule has 1 rings (SSSR count). The Morgan fingerprint density at radius 3 is 2.28 bits per heavy atom. The van der Waals surface area contributed by atoms with Crippen molar-refractivity contribution in [1.82, 2.24) is 20.4 Å². The summed E-state index contributed by atoms with van der Waals surface area (Å²) in [6.45, 7) is 6.92. The predicted molar refractivity (Wildman–Crippen MR) is 118 cm³/mol. The molecule has 2 amide bonds. The predicted octanol–water partition coefficient (Wildman–Crippen LogP) is -1.07. The van der Waals surface area contributed by atoms with Gasteiger partial charge < -0.3 is 31.0 Å². The van der Waals surface area contributed by atoms with Crippen LogP contribution in [0.2, 0.25) is 0 Å². The van der Waals surface area contributed by atoms with Gasteiger partial charge in [-0.3, -0.25) is 9.59 Å². The number of amides is 2. The molecule has 0 spiro atoms. The average molecular weight is 409 g/mol. The minimum absolute atomic E-state index is 0.0129. The smallest absolute Gasteiger partial charge is 0.242 e. The fraction of sp³-hybridized carbons (Fsp3) is 0.850. The lowest BCUT2D eigenvalue weighted by Crippen LogP contribution is -2.53. The van der Waals surface area contributed by atoms with Gasteiger partial charge in [-0.2, -0.15) is 0 Å². The van der Waals surface area contributed by atoms with Crippen LogP contribution in [0.3, 0.4) is 0 Å². The monoisotopic (exact) mass is 409 g/mol. The van der Waals surface area contributed by atoms with Crippen molar-refractivity contribution < 1.29 is 14.4 Å². The van der Waals surface area contributed by atoms with Crippen LogP contribution in [-0.4, -0.2) is 93.5 Å². The lowest BCUT2D eigenvalue weighted by molar-refractivity contribution is -0.130. The third kappa shape index (κ3) is 9.73. The summed E-state index contributed by atoms with van der Waals surface area (Å²) < 4.78 is 0. The zero-order valence-electron chi connectivity index (χ0n) is 18.9. The van der Waals surface area contributed by atoms with Gasteiger partial charge >= 0.3 is 0 Å². The number of carbonyl (C=O) groups excluding carboxylic acids is 3. The Balaban J connectivity index is 2.46. The van der Waals surface area contributed by atoms with Crippen LogP contribution in [0.15, 0.2) is 0 Å². The van der Waals surface area contributed by atoms with Crippen LogP contribution in [0, 0.1) is 5.92 Å². The Hall–Kier alpha value is -1.45. The standard InChI is InChI=1S/C20H40BN5O3/c1-14(2)18(22)20(29)24-16(19(28)23-13-17(21)27)7-5-6-10-26-11-8-15(9-12-26)25(3)4/h14-16,18H,5-13,21-22H2,1-4H3,(H,23,28)(H,24,29)/t16-,18-/m0/s1. The first-order chi connectivity index (χ1) is 13.6. The number of rotatable bonds is 12. The van der Waals surface area contributed by atoms with Gasteiger partial charge in [0.15, 0.2) is 7.85 Å². The van der Waals surface area contributed by atoms with E-state index in [4.69, 9.17) is 5.73 Å². The Morgan fingerprint density at radius 1 is 1.14 bits per heavy atom. The van der Waals surface area contributed by atoms with Crippen molar-refractivity contribution in [2.24, 2.45) is 11.7 Å². The van der Waals surface area contributed by atoms with Crippen molar-refractivity contribution in [2.75, 3.05) is 40.3 Å². The molecular formula is C20H40BN5O3. The van der Waals surface area contributed by atoms with E-state index >= 15 is 0 Å². The van der Waals surface area contributed by atoms with E-state index in [1.165, 1.54) is 20.7 Å². The molecule has 2 atom stereocenters. The van der Waals surface area contributed by atoms with Crippen LogP contribution in [0.5, 0.6) is 0 Å². The van der Waals surface area contributed by atoms with Crippen molar-refractivity contribution in [1.29, 1.82) is 0 Å². The van der Waals surface area contributed by atoms with E-state index in [9.17, 15) is 14.4 Å². The first-order valence-corrected chi connectivity index (χ1v) is 10.8. The molecule has 0 radical (unpaired) electrons. The Labute approximate surface area is 176 Å². The third-order valence-electron chi connectivity index (χ3n) is 5.67. The number of unbranched alkanes of at least 4 members (excludes halogenated alkanes) is 1. The minimum atomic E-state index is -0.661. The second-order valence-electron chi connectivity index (χ2n) is 8.78. The van der Waals surface area contributed by atoms with E-state index in [2.05, 4.69) is 34.5 Å². The summed E-state index contributed by atoms with van der Waals surface area (Å²) in [4.78, 5) is 40.7. The largest absolute Gasteiger partial charge is 0.348 e. The Morgan fingerprint density at radius 2 is 1.76 bits per heavy atom. The Bertz CT molecular complexity index is 536.